The normalized spacial score (nSPS) is 18.0. The highest BCUT2D eigenvalue weighted by Crippen LogP contribution is 2.28. The first kappa shape index (κ1) is 26.9. The average molecular weight is 526 g/mol. The van der Waals surface area contributed by atoms with Crippen LogP contribution in [0, 0.1) is 0 Å². The fourth-order valence-corrected chi connectivity index (χ4v) is 5.28. The van der Waals surface area contributed by atoms with Gasteiger partial charge in [0.25, 0.3) is 0 Å². The molecule has 0 radical (unpaired) electrons. The minimum Gasteiger partial charge on any atom is -0.379 e. The van der Waals surface area contributed by atoms with Gasteiger partial charge in [-0.25, -0.2) is 9.80 Å². The van der Waals surface area contributed by atoms with Crippen molar-refractivity contribution in [3.63, 3.8) is 0 Å². The number of rotatable bonds is 10. The molecule has 0 saturated carbocycles. The molecule has 3 aromatic rings. The Labute approximate surface area is 232 Å². The van der Waals surface area contributed by atoms with Crippen LogP contribution in [0.25, 0.3) is 5.70 Å². The summed E-state index contributed by atoms with van der Waals surface area (Å²) in [7, 11) is 1.95. The monoisotopic (exact) mass is 525 g/mol. The fourth-order valence-electron chi connectivity index (χ4n) is 5.28. The summed E-state index contributed by atoms with van der Waals surface area (Å²) in [5.41, 5.74) is 8.01. The van der Waals surface area contributed by atoms with E-state index < -0.39 is 0 Å². The largest absolute Gasteiger partial charge is 0.379 e. The van der Waals surface area contributed by atoms with E-state index in [-0.39, 0.29) is 18.1 Å². The second kappa shape index (κ2) is 13.4. The number of nitrogens with one attached hydrogen (secondary N) is 2. The number of hydrazine groups is 1. The third-order valence-corrected chi connectivity index (χ3v) is 7.56. The molecule has 204 valence electrons. The minimum absolute atomic E-state index is 0.0488. The molecule has 0 bridgehead atoms. The van der Waals surface area contributed by atoms with E-state index in [0.717, 1.165) is 50.5 Å². The summed E-state index contributed by atoms with van der Waals surface area (Å²) in [6, 6.07) is 31.3. The summed E-state index contributed by atoms with van der Waals surface area (Å²) in [6.07, 6.45) is 2.68. The van der Waals surface area contributed by atoms with Gasteiger partial charge < -0.3 is 20.4 Å². The molecule has 1 saturated heterocycles. The van der Waals surface area contributed by atoms with Crippen LogP contribution in [-0.2, 0) is 4.74 Å². The van der Waals surface area contributed by atoms with E-state index in [1.165, 1.54) is 11.1 Å². The first-order valence-electron chi connectivity index (χ1n) is 13.9. The fraction of sp³-hybridized carbons (Fsp3) is 0.344. The lowest BCUT2D eigenvalue weighted by Crippen LogP contribution is -2.52. The molecule has 3 aromatic carbocycles. The first-order chi connectivity index (χ1) is 19.2. The highest BCUT2D eigenvalue weighted by Gasteiger charge is 2.27. The van der Waals surface area contributed by atoms with Crippen LogP contribution in [0.5, 0.6) is 0 Å². The van der Waals surface area contributed by atoms with Crippen LogP contribution in [0.15, 0.2) is 97.1 Å². The Morgan fingerprint density at radius 1 is 0.923 bits per heavy atom. The number of carbonyl (C=O) groups excluding carboxylic acids is 1. The lowest BCUT2D eigenvalue weighted by molar-refractivity contribution is 0.0347. The highest BCUT2D eigenvalue weighted by molar-refractivity contribution is 5.76. The van der Waals surface area contributed by atoms with Gasteiger partial charge >= 0.3 is 6.03 Å². The molecular formula is C32H39N5O2. The number of likely N-dealkylation sites (N-methyl/N-ethyl adjacent to an activating group) is 1. The number of hydrogen-bond acceptors (Lipinski definition) is 5. The maximum Gasteiger partial charge on any atom is 0.318 e. The molecular weight excluding hydrogens is 486 g/mol. The molecule has 2 aliphatic rings. The molecule has 0 aliphatic carbocycles. The Balaban J connectivity index is 1.30. The molecule has 0 spiro atoms. The van der Waals surface area contributed by atoms with Crippen LogP contribution in [0.3, 0.4) is 0 Å². The van der Waals surface area contributed by atoms with Crippen LogP contribution >= 0.6 is 0 Å². The quantitative estimate of drug-likeness (QED) is 0.412. The zero-order chi connectivity index (χ0) is 26.9. The Morgan fingerprint density at radius 3 is 2.13 bits per heavy atom. The SMILES string of the molecule is CN1NC(c2ccccc2)=CC1NC(=O)N(CCC(c1ccccc1)c1ccccc1)CCN1CCOCC1. The van der Waals surface area contributed by atoms with Gasteiger partial charge in [0, 0.05) is 45.7 Å². The molecule has 2 N–H and O–H groups in total. The standard InChI is InChI=1S/C32H39N5O2/c1-35-31(25-30(34-35)28-15-9-4-10-16-28)33-32(38)37(20-19-36-21-23-39-24-22-36)18-17-29(26-11-5-2-6-12-26)27-13-7-3-8-14-27/h2-16,25,29,31,34H,17-24H2,1H3,(H,33,38). The molecule has 1 unspecified atom stereocenters. The van der Waals surface area contributed by atoms with Crippen molar-refractivity contribution >= 4 is 11.7 Å². The van der Waals surface area contributed by atoms with Crippen molar-refractivity contribution in [1.82, 2.24) is 25.6 Å². The molecule has 1 atom stereocenters. The number of carbonyl (C=O) groups is 1. The lowest BCUT2D eigenvalue weighted by atomic mass is 9.88. The van der Waals surface area contributed by atoms with E-state index in [0.29, 0.717) is 13.1 Å². The van der Waals surface area contributed by atoms with Crippen LogP contribution in [0.1, 0.15) is 29.0 Å². The van der Waals surface area contributed by atoms with Crippen LogP contribution in [0.2, 0.25) is 0 Å². The van der Waals surface area contributed by atoms with Gasteiger partial charge in [-0.05, 0) is 29.2 Å². The zero-order valence-electron chi connectivity index (χ0n) is 22.7. The van der Waals surface area contributed by atoms with Gasteiger partial charge in [-0.3, -0.25) is 4.90 Å². The average Bonchev–Trinajstić information content (AvgIpc) is 3.36. The molecule has 0 aromatic heterocycles. The Hall–Kier alpha value is -3.65. The predicted molar refractivity (Wildman–Crippen MR) is 156 cm³/mol. The van der Waals surface area contributed by atoms with E-state index in [9.17, 15) is 4.79 Å². The number of hydrogen-bond donors (Lipinski definition) is 2. The van der Waals surface area contributed by atoms with Gasteiger partial charge in [0.15, 0.2) is 0 Å². The number of benzene rings is 3. The van der Waals surface area contributed by atoms with Crippen molar-refractivity contribution in [3.05, 3.63) is 114 Å². The van der Waals surface area contributed by atoms with E-state index in [1.54, 1.807) is 0 Å². The number of morpholine rings is 1. The summed E-state index contributed by atoms with van der Waals surface area (Å²) in [5.74, 6) is 0.214. The zero-order valence-corrected chi connectivity index (χ0v) is 22.7. The van der Waals surface area contributed by atoms with Gasteiger partial charge in [-0.15, -0.1) is 0 Å². The van der Waals surface area contributed by atoms with Crippen molar-refractivity contribution in [2.24, 2.45) is 0 Å². The summed E-state index contributed by atoms with van der Waals surface area (Å²) >= 11 is 0. The number of ether oxygens (including phenoxy) is 1. The number of amides is 2. The van der Waals surface area contributed by atoms with Crippen LogP contribution < -0.4 is 10.7 Å². The number of nitrogens with zero attached hydrogens (tertiary/aromatic N) is 3. The molecule has 7 heteroatoms. The maximum absolute atomic E-state index is 13.7. The second-order valence-corrected chi connectivity index (χ2v) is 10.2. The van der Waals surface area contributed by atoms with Crippen molar-refractivity contribution < 1.29 is 9.53 Å². The minimum atomic E-state index is -0.238. The molecule has 5 rings (SSSR count). The summed E-state index contributed by atoms with van der Waals surface area (Å²) in [6.45, 7) is 5.48. The molecule has 2 aliphatic heterocycles. The third kappa shape index (κ3) is 7.26. The Kier molecular flexibility index (Phi) is 9.27. The second-order valence-electron chi connectivity index (χ2n) is 10.2. The van der Waals surface area contributed by atoms with Gasteiger partial charge in [-0.1, -0.05) is 91.0 Å². The number of urea groups is 1. The van der Waals surface area contributed by atoms with E-state index in [2.05, 4.69) is 94.5 Å². The van der Waals surface area contributed by atoms with Gasteiger partial charge in [0.2, 0.25) is 0 Å². The maximum atomic E-state index is 13.7. The van der Waals surface area contributed by atoms with E-state index >= 15 is 0 Å². The smallest absolute Gasteiger partial charge is 0.318 e. The van der Waals surface area contributed by atoms with E-state index in [1.807, 2.05) is 35.2 Å². The summed E-state index contributed by atoms with van der Waals surface area (Å²) < 4.78 is 5.52. The lowest BCUT2D eigenvalue weighted by Gasteiger charge is -2.32. The Morgan fingerprint density at radius 2 is 1.51 bits per heavy atom. The first-order valence-corrected chi connectivity index (χ1v) is 13.9. The van der Waals surface area contributed by atoms with Crippen LogP contribution in [-0.4, -0.2) is 80.0 Å². The van der Waals surface area contributed by atoms with Crippen LogP contribution in [0.4, 0.5) is 4.79 Å². The molecule has 7 nitrogen and oxygen atoms in total. The van der Waals surface area contributed by atoms with Gasteiger partial charge in [0.05, 0.1) is 18.9 Å². The van der Waals surface area contributed by atoms with Crippen molar-refractivity contribution in [1.29, 1.82) is 0 Å². The molecule has 39 heavy (non-hydrogen) atoms. The van der Waals surface area contributed by atoms with E-state index in [4.69, 9.17) is 4.74 Å². The molecule has 1 fully saturated rings. The van der Waals surface area contributed by atoms with Gasteiger partial charge in [0.1, 0.15) is 6.17 Å². The highest BCUT2D eigenvalue weighted by atomic mass is 16.5. The molecule has 2 heterocycles. The van der Waals surface area contributed by atoms with Gasteiger partial charge in [-0.2, -0.15) is 0 Å². The third-order valence-electron chi connectivity index (χ3n) is 7.56. The predicted octanol–water partition coefficient (Wildman–Crippen LogP) is 4.37. The summed E-state index contributed by atoms with van der Waals surface area (Å²) in [4.78, 5) is 18.1. The Bertz CT molecular complexity index is 1160. The van der Waals surface area contributed by atoms with Crippen molar-refractivity contribution in [2.45, 2.75) is 18.5 Å². The topological polar surface area (TPSA) is 60.1 Å². The molecule has 2 amide bonds. The van der Waals surface area contributed by atoms with Crippen molar-refractivity contribution in [2.75, 3.05) is 53.0 Å². The van der Waals surface area contributed by atoms with Crippen molar-refractivity contribution in [3.8, 4) is 0 Å². The summed E-state index contributed by atoms with van der Waals surface area (Å²) in [5, 5.41) is 5.19.